The average molecular weight is 767 g/mol. The zero-order valence-corrected chi connectivity index (χ0v) is 33.1. The van der Waals surface area contributed by atoms with Crippen molar-refractivity contribution in [1.29, 1.82) is 0 Å². The lowest BCUT2D eigenvalue weighted by Gasteiger charge is -2.25. The molecule has 0 saturated carbocycles. The van der Waals surface area contributed by atoms with E-state index in [1.54, 1.807) is 0 Å². The van der Waals surface area contributed by atoms with E-state index in [4.69, 9.17) is 0 Å². The summed E-state index contributed by atoms with van der Waals surface area (Å²) in [6, 6.07) is 86.8. The molecule has 0 bridgehead atoms. The molecule has 10 rings (SSSR count). The van der Waals surface area contributed by atoms with Crippen LogP contribution in [0.1, 0.15) is 11.1 Å². The summed E-state index contributed by atoms with van der Waals surface area (Å²) >= 11 is 0. The summed E-state index contributed by atoms with van der Waals surface area (Å²) in [6.07, 6.45) is 4.42. The fraction of sp³-hybridized carbons (Fsp3) is 0. The molecule has 0 radical (unpaired) electrons. The third-order valence-electron chi connectivity index (χ3n) is 11.2. The number of benzene rings is 10. The molecule has 10 aromatic rings. The summed E-state index contributed by atoms with van der Waals surface area (Å²) in [6.45, 7) is 0. The monoisotopic (exact) mass is 766 g/mol. The van der Waals surface area contributed by atoms with Crippen LogP contribution in [0.15, 0.2) is 243 Å². The summed E-state index contributed by atoms with van der Waals surface area (Å²) in [4.78, 5) is 4.58. The van der Waals surface area contributed by atoms with Crippen LogP contribution in [0, 0.1) is 0 Å². The maximum atomic E-state index is 2.29. The molecule has 0 saturated heterocycles. The summed E-state index contributed by atoms with van der Waals surface area (Å²) in [5.74, 6) is 0. The second kappa shape index (κ2) is 16.5. The number of hydrogen-bond donors (Lipinski definition) is 0. The van der Waals surface area contributed by atoms with Crippen LogP contribution in [-0.4, -0.2) is 0 Å². The Kier molecular flexibility index (Phi) is 10.0. The van der Waals surface area contributed by atoms with Crippen LogP contribution in [-0.2, 0) is 0 Å². The summed E-state index contributed by atoms with van der Waals surface area (Å²) in [5, 5.41) is 4.90. The van der Waals surface area contributed by atoms with E-state index in [9.17, 15) is 0 Å². The van der Waals surface area contributed by atoms with Crippen molar-refractivity contribution in [3.8, 4) is 22.3 Å². The van der Waals surface area contributed by atoms with Gasteiger partial charge in [-0.15, -0.1) is 0 Å². The third kappa shape index (κ3) is 7.70. The largest absolute Gasteiger partial charge is 0.311 e. The predicted octanol–water partition coefficient (Wildman–Crippen LogP) is 16.4. The molecule has 0 heterocycles. The Morgan fingerprint density at radius 1 is 0.217 bits per heavy atom. The van der Waals surface area contributed by atoms with Crippen molar-refractivity contribution in [3.63, 3.8) is 0 Å². The predicted molar refractivity (Wildman–Crippen MR) is 257 cm³/mol. The quantitative estimate of drug-likeness (QED) is 0.128. The van der Waals surface area contributed by atoms with Gasteiger partial charge in [-0.1, -0.05) is 158 Å². The second-order valence-corrected chi connectivity index (χ2v) is 15.1. The molecule has 0 aliphatic carbocycles. The number of fused-ring (bicyclic) bond motifs is 2. The van der Waals surface area contributed by atoms with Crippen molar-refractivity contribution in [1.82, 2.24) is 0 Å². The maximum absolute atomic E-state index is 2.29. The standard InChI is InChI=1S/C58H42N2/c1-5-13-53(14-6-1)59(54-15-7-2-8-16-54)57-35-31-45(32-36-57)49-29-27-47-39-43(23-25-51(47)41-49)21-22-44-24-26-52-42-50(30-28-48(52)40-44)46-33-37-58(38-34-46)60(55-17-9-3-10-18-55)56-19-11-4-12-20-56/h1-42H/b22-21+. The Bertz CT molecular complexity index is 2760. The lowest BCUT2D eigenvalue weighted by Crippen LogP contribution is -2.09. The fourth-order valence-electron chi connectivity index (χ4n) is 8.10. The van der Waals surface area contributed by atoms with Gasteiger partial charge in [0.2, 0.25) is 0 Å². The van der Waals surface area contributed by atoms with Crippen LogP contribution in [0.4, 0.5) is 34.1 Å². The third-order valence-corrected chi connectivity index (χ3v) is 11.2. The van der Waals surface area contributed by atoms with Gasteiger partial charge in [-0.3, -0.25) is 0 Å². The first-order chi connectivity index (χ1) is 29.7. The second-order valence-electron chi connectivity index (χ2n) is 15.1. The molecule has 284 valence electrons. The molecule has 0 amide bonds. The molecule has 0 unspecified atom stereocenters. The van der Waals surface area contributed by atoms with Crippen LogP contribution in [0.5, 0.6) is 0 Å². The van der Waals surface area contributed by atoms with Gasteiger partial charge in [0.05, 0.1) is 0 Å². The molecular weight excluding hydrogens is 725 g/mol. The lowest BCUT2D eigenvalue weighted by molar-refractivity contribution is 1.28. The Morgan fingerprint density at radius 3 is 0.817 bits per heavy atom. The van der Waals surface area contributed by atoms with Gasteiger partial charge in [0, 0.05) is 34.1 Å². The van der Waals surface area contributed by atoms with E-state index in [1.165, 1.54) is 54.9 Å². The van der Waals surface area contributed by atoms with Crippen LogP contribution in [0.25, 0.3) is 56.0 Å². The van der Waals surface area contributed by atoms with E-state index in [0.717, 1.165) is 34.1 Å². The van der Waals surface area contributed by atoms with Gasteiger partial charge in [0.15, 0.2) is 0 Å². The molecule has 0 atom stereocenters. The summed E-state index contributed by atoms with van der Waals surface area (Å²) in [5.41, 5.74) is 14.0. The Labute approximate surface area is 352 Å². The van der Waals surface area contributed by atoms with Crippen molar-refractivity contribution in [2.45, 2.75) is 0 Å². The first-order valence-electron chi connectivity index (χ1n) is 20.5. The van der Waals surface area contributed by atoms with E-state index in [1.807, 2.05) is 0 Å². The van der Waals surface area contributed by atoms with Gasteiger partial charge in [-0.2, -0.15) is 0 Å². The normalized spacial score (nSPS) is 11.3. The molecule has 2 heteroatoms. The number of nitrogens with zero attached hydrogens (tertiary/aromatic N) is 2. The highest BCUT2D eigenvalue weighted by molar-refractivity contribution is 5.92. The van der Waals surface area contributed by atoms with E-state index in [2.05, 4.69) is 265 Å². The Morgan fingerprint density at radius 2 is 0.483 bits per heavy atom. The van der Waals surface area contributed by atoms with Gasteiger partial charge >= 0.3 is 0 Å². The smallest absolute Gasteiger partial charge is 0.0462 e. The lowest BCUT2D eigenvalue weighted by atomic mass is 9.98. The van der Waals surface area contributed by atoms with Crippen molar-refractivity contribution in [3.05, 3.63) is 254 Å². The molecule has 60 heavy (non-hydrogen) atoms. The van der Waals surface area contributed by atoms with E-state index < -0.39 is 0 Å². The van der Waals surface area contributed by atoms with E-state index in [-0.39, 0.29) is 0 Å². The minimum absolute atomic E-state index is 1.13. The number of anilines is 6. The Balaban J connectivity index is 0.838. The maximum Gasteiger partial charge on any atom is 0.0462 e. The van der Waals surface area contributed by atoms with Crippen LogP contribution in [0.3, 0.4) is 0 Å². The topological polar surface area (TPSA) is 6.48 Å². The van der Waals surface area contributed by atoms with Crippen LogP contribution < -0.4 is 9.80 Å². The highest BCUT2D eigenvalue weighted by Gasteiger charge is 2.14. The van der Waals surface area contributed by atoms with Gasteiger partial charge in [0.1, 0.15) is 0 Å². The zero-order chi connectivity index (χ0) is 40.1. The average Bonchev–Trinajstić information content (AvgIpc) is 3.32. The van der Waals surface area contributed by atoms with Crippen molar-refractivity contribution in [2.24, 2.45) is 0 Å². The molecule has 0 N–H and O–H groups in total. The first-order valence-corrected chi connectivity index (χ1v) is 20.5. The number of rotatable bonds is 10. The molecule has 0 fully saturated rings. The molecule has 2 nitrogen and oxygen atoms in total. The summed E-state index contributed by atoms with van der Waals surface area (Å²) in [7, 11) is 0. The van der Waals surface area contributed by atoms with Gasteiger partial charge in [-0.05, 0) is 152 Å². The highest BCUT2D eigenvalue weighted by Crippen LogP contribution is 2.37. The minimum atomic E-state index is 1.13. The zero-order valence-electron chi connectivity index (χ0n) is 33.1. The van der Waals surface area contributed by atoms with Crippen molar-refractivity contribution >= 4 is 67.8 Å². The molecule has 0 spiro atoms. The van der Waals surface area contributed by atoms with Crippen LogP contribution in [0.2, 0.25) is 0 Å². The first kappa shape index (κ1) is 36.4. The van der Waals surface area contributed by atoms with Gasteiger partial charge in [0.25, 0.3) is 0 Å². The SMILES string of the molecule is C(=C\c1ccc2cc(-c3ccc(N(c4ccccc4)c4ccccc4)cc3)ccc2c1)/c1ccc2cc(-c3ccc(N(c4ccccc4)c4ccccc4)cc3)ccc2c1. The van der Waals surface area contributed by atoms with Crippen LogP contribution >= 0.6 is 0 Å². The summed E-state index contributed by atoms with van der Waals surface area (Å²) < 4.78 is 0. The molecule has 0 aromatic heterocycles. The van der Waals surface area contributed by atoms with E-state index in [0.29, 0.717) is 0 Å². The fourth-order valence-corrected chi connectivity index (χ4v) is 8.10. The Hall–Kier alpha value is -7.94. The van der Waals surface area contributed by atoms with E-state index >= 15 is 0 Å². The highest BCUT2D eigenvalue weighted by atomic mass is 15.1. The molecular formula is C58H42N2. The van der Waals surface area contributed by atoms with Gasteiger partial charge in [-0.25, -0.2) is 0 Å². The molecule has 0 aliphatic rings. The minimum Gasteiger partial charge on any atom is -0.311 e. The van der Waals surface area contributed by atoms with Crippen molar-refractivity contribution in [2.75, 3.05) is 9.80 Å². The van der Waals surface area contributed by atoms with Gasteiger partial charge < -0.3 is 9.80 Å². The van der Waals surface area contributed by atoms with Crippen molar-refractivity contribution < 1.29 is 0 Å². The molecule has 10 aromatic carbocycles. The number of hydrogen-bond acceptors (Lipinski definition) is 2. The molecule has 0 aliphatic heterocycles. The number of para-hydroxylation sites is 4.